The Hall–Kier alpha value is -2.15. The van der Waals surface area contributed by atoms with E-state index < -0.39 is 10.9 Å². The van der Waals surface area contributed by atoms with Crippen LogP contribution in [0.25, 0.3) is 0 Å². The summed E-state index contributed by atoms with van der Waals surface area (Å²) in [6.07, 6.45) is 0. The Balaban J connectivity index is 1.99. The number of nitro groups is 1. The van der Waals surface area contributed by atoms with E-state index in [0.717, 1.165) is 5.69 Å². The molecule has 1 aliphatic heterocycles. The lowest BCUT2D eigenvalue weighted by atomic mass is 10.2. The lowest BCUT2D eigenvalue weighted by Crippen LogP contribution is -2.50. The van der Waals surface area contributed by atoms with Crippen LogP contribution in [0.2, 0.25) is 0 Å². The smallest absolute Gasteiger partial charge is 0.271 e. The van der Waals surface area contributed by atoms with Crippen LogP contribution in [0.5, 0.6) is 0 Å². The Bertz CT molecular complexity index is 484. The number of carbonyl (C=O) groups excluding carboxylic acids is 1. The van der Waals surface area contributed by atoms with Gasteiger partial charge in [-0.05, 0) is 6.07 Å². The molecular weight excluding hydrogens is 250 g/mol. The van der Waals surface area contributed by atoms with Gasteiger partial charge >= 0.3 is 0 Å². The summed E-state index contributed by atoms with van der Waals surface area (Å²) in [7, 11) is 0. The number of hydrogen-bond acceptors (Lipinski definition) is 6. The van der Waals surface area contributed by atoms with Gasteiger partial charge in [-0.15, -0.1) is 0 Å². The molecule has 0 saturated carbocycles. The molecule has 0 radical (unpaired) electrons. The minimum absolute atomic E-state index is 0.0645. The Morgan fingerprint density at radius 3 is 2.53 bits per heavy atom. The number of carbonyl (C=O) groups is 1. The van der Waals surface area contributed by atoms with Crippen LogP contribution < -0.4 is 10.0 Å². The minimum Gasteiger partial charge on any atom is -0.549 e. The average molecular weight is 264 g/mol. The maximum absolute atomic E-state index is 10.7. The molecular formula is C12H14N3O4-. The molecule has 7 nitrogen and oxygen atoms in total. The van der Waals surface area contributed by atoms with Crippen molar-refractivity contribution in [3.63, 3.8) is 0 Å². The highest BCUT2D eigenvalue weighted by molar-refractivity contribution is 5.66. The fourth-order valence-electron chi connectivity index (χ4n) is 2.15. The number of hydrogen-bond donors (Lipinski definition) is 0. The van der Waals surface area contributed by atoms with E-state index in [9.17, 15) is 20.0 Å². The summed E-state index contributed by atoms with van der Waals surface area (Å²) in [5, 5.41) is 21.2. The van der Waals surface area contributed by atoms with E-state index in [4.69, 9.17) is 0 Å². The van der Waals surface area contributed by atoms with Gasteiger partial charge in [-0.25, -0.2) is 0 Å². The highest BCUT2D eigenvalue weighted by atomic mass is 16.6. The van der Waals surface area contributed by atoms with E-state index in [2.05, 4.69) is 0 Å². The van der Waals surface area contributed by atoms with Gasteiger partial charge in [0.15, 0.2) is 0 Å². The second kappa shape index (κ2) is 5.66. The molecule has 0 amide bonds. The standard InChI is InChI=1S/C12H15N3O4/c16-12(17)9-13-4-6-14(7-5-13)10-2-1-3-11(8-10)15(18)19/h1-3,8H,4-7,9H2,(H,16,17)/p-1. The van der Waals surface area contributed by atoms with Crippen LogP contribution >= 0.6 is 0 Å². The third-order valence-corrected chi connectivity index (χ3v) is 3.13. The van der Waals surface area contributed by atoms with Crippen molar-refractivity contribution >= 4 is 17.3 Å². The molecule has 1 saturated heterocycles. The lowest BCUT2D eigenvalue weighted by molar-refractivity contribution is -0.384. The number of nitrogens with zero attached hydrogens (tertiary/aromatic N) is 3. The van der Waals surface area contributed by atoms with Crippen LogP contribution in [0.4, 0.5) is 11.4 Å². The SMILES string of the molecule is O=C([O-])CN1CCN(c2cccc([N+](=O)[O-])c2)CC1. The summed E-state index contributed by atoms with van der Waals surface area (Å²) in [5.74, 6) is -1.08. The zero-order valence-corrected chi connectivity index (χ0v) is 10.3. The maximum Gasteiger partial charge on any atom is 0.271 e. The first-order chi connectivity index (χ1) is 9.06. The van der Waals surface area contributed by atoms with Crippen molar-refractivity contribution < 1.29 is 14.8 Å². The molecule has 1 aromatic rings. The van der Waals surface area contributed by atoms with Crippen molar-refractivity contribution in [2.75, 3.05) is 37.6 Å². The topological polar surface area (TPSA) is 89.8 Å². The zero-order valence-electron chi connectivity index (χ0n) is 10.3. The largest absolute Gasteiger partial charge is 0.549 e. The Morgan fingerprint density at radius 2 is 1.95 bits per heavy atom. The molecule has 0 atom stereocenters. The number of benzene rings is 1. The third kappa shape index (κ3) is 3.41. The normalized spacial score (nSPS) is 16.3. The van der Waals surface area contributed by atoms with Crippen molar-refractivity contribution in [1.29, 1.82) is 0 Å². The van der Waals surface area contributed by atoms with Gasteiger partial charge in [0.2, 0.25) is 0 Å². The lowest BCUT2D eigenvalue weighted by Gasteiger charge is -2.36. The number of carboxylic acid groups (broad SMARTS) is 1. The first-order valence-electron chi connectivity index (χ1n) is 5.98. The number of rotatable bonds is 4. The first kappa shape index (κ1) is 13.3. The summed E-state index contributed by atoms with van der Waals surface area (Å²) >= 11 is 0. The molecule has 1 fully saturated rings. The fourth-order valence-corrected chi connectivity index (χ4v) is 2.15. The number of aliphatic carboxylic acids is 1. The van der Waals surface area contributed by atoms with Gasteiger partial charge in [0, 0.05) is 50.5 Å². The van der Waals surface area contributed by atoms with Crippen LogP contribution in [0, 0.1) is 10.1 Å². The van der Waals surface area contributed by atoms with Gasteiger partial charge in [-0.2, -0.15) is 0 Å². The molecule has 102 valence electrons. The van der Waals surface area contributed by atoms with Crippen LogP contribution in [0.3, 0.4) is 0 Å². The number of anilines is 1. The van der Waals surface area contributed by atoms with Crippen LogP contribution in [-0.2, 0) is 4.79 Å². The van der Waals surface area contributed by atoms with E-state index in [-0.39, 0.29) is 12.2 Å². The molecule has 1 aliphatic rings. The predicted molar refractivity (Wildman–Crippen MR) is 66.8 cm³/mol. The van der Waals surface area contributed by atoms with Crippen LogP contribution in [0.15, 0.2) is 24.3 Å². The van der Waals surface area contributed by atoms with Gasteiger partial charge in [0.05, 0.1) is 10.9 Å². The Labute approximate surface area is 110 Å². The highest BCUT2D eigenvalue weighted by Crippen LogP contribution is 2.22. The molecule has 0 unspecified atom stereocenters. The Morgan fingerprint density at radius 1 is 1.26 bits per heavy atom. The van der Waals surface area contributed by atoms with Gasteiger partial charge in [0.1, 0.15) is 0 Å². The summed E-state index contributed by atoms with van der Waals surface area (Å²) in [6, 6.07) is 6.46. The van der Waals surface area contributed by atoms with E-state index in [1.165, 1.54) is 12.1 Å². The molecule has 1 heterocycles. The van der Waals surface area contributed by atoms with E-state index in [0.29, 0.717) is 26.2 Å². The molecule has 1 aromatic carbocycles. The molecule has 7 heteroatoms. The molecule has 19 heavy (non-hydrogen) atoms. The van der Waals surface area contributed by atoms with E-state index in [1.807, 2.05) is 11.0 Å². The maximum atomic E-state index is 10.7. The summed E-state index contributed by atoms with van der Waals surface area (Å²) < 4.78 is 0. The fraction of sp³-hybridized carbons (Fsp3) is 0.417. The molecule has 0 aromatic heterocycles. The molecule has 2 rings (SSSR count). The first-order valence-corrected chi connectivity index (χ1v) is 5.98. The molecule has 0 bridgehead atoms. The van der Waals surface area contributed by atoms with Crippen molar-refractivity contribution in [2.45, 2.75) is 0 Å². The summed E-state index contributed by atoms with van der Waals surface area (Å²) in [4.78, 5) is 24.6. The quantitative estimate of drug-likeness (QED) is 0.536. The van der Waals surface area contributed by atoms with Gasteiger partial charge in [0.25, 0.3) is 5.69 Å². The average Bonchev–Trinajstić information content (AvgIpc) is 2.39. The zero-order chi connectivity index (χ0) is 13.8. The second-order valence-corrected chi connectivity index (χ2v) is 4.41. The number of nitro benzene ring substituents is 1. The van der Waals surface area contributed by atoms with Crippen molar-refractivity contribution in [3.8, 4) is 0 Å². The third-order valence-electron chi connectivity index (χ3n) is 3.13. The number of non-ortho nitro benzene ring substituents is 1. The summed E-state index contributed by atoms with van der Waals surface area (Å²) in [5.41, 5.74) is 0.858. The van der Waals surface area contributed by atoms with Crippen molar-refractivity contribution in [1.82, 2.24) is 4.90 Å². The van der Waals surface area contributed by atoms with E-state index in [1.54, 1.807) is 11.0 Å². The van der Waals surface area contributed by atoms with Gasteiger partial charge in [-0.1, -0.05) is 6.07 Å². The van der Waals surface area contributed by atoms with Crippen LogP contribution in [-0.4, -0.2) is 48.5 Å². The number of piperazine rings is 1. The monoisotopic (exact) mass is 264 g/mol. The van der Waals surface area contributed by atoms with Crippen molar-refractivity contribution in [3.05, 3.63) is 34.4 Å². The minimum atomic E-state index is -1.08. The van der Waals surface area contributed by atoms with Crippen molar-refractivity contribution in [2.24, 2.45) is 0 Å². The molecule has 0 aliphatic carbocycles. The predicted octanol–water partition coefficient (Wildman–Crippen LogP) is -0.533. The highest BCUT2D eigenvalue weighted by Gasteiger charge is 2.18. The Kier molecular flexibility index (Phi) is 3.96. The summed E-state index contributed by atoms with van der Waals surface area (Å²) in [6.45, 7) is 2.44. The molecule has 0 N–H and O–H groups in total. The van der Waals surface area contributed by atoms with Gasteiger partial charge < -0.3 is 14.8 Å². The molecule has 0 spiro atoms. The van der Waals surface area contributed by atoms with Crippen LogP contribution in [0.1, 0.15) is 0 Å². The van der Waals surface area contributed by atoms with E-state index >= 15 is 0 Å². The second-order valence-electron chi connectivity index (χ2n) is 4.41. The number of carboxylic acids is 1. The van der Waals surface area contributed by atoms with Gasteiger partial charge in [-0.3, -0.25) is 15.0 Å².